The molecule has 3 rings (SSSR count). The molecular formula is C18H14N2O5. The highest BCUT2D eigenvalue weighted by Gasteiger charge is 2.13. The van der Waals surface area contributed by atoms with E-state index in [0.717, 1.165) is 17.4 Å². The molecule has 0 N–H and O–H groups in total. The fraction of sp³-hybridized carbons (Fsp3) is 0.111. The highest BCUT2D eigenvalue weighted by molar-refractivity contribution is 6.01. The van der Waals surface area contributed by atoms with E-state index in [1.807, 2.05) is 4.57 Å². The van der Waals surface area contributed by atoms with E-state index < -0.39 is 10.9 Å². The quantitative estimate of drug-likeness (QED) is 0.308. The van der Waals surface area contributed by atoms with Crippen LogP contribution in [-0.2, 0) is 11.3 Å². The molecule has 0 atom stereocenters. The molecule has 0 unspecified atom stereocenters. The monoisotopic (exact) mass is 338 g/mol. The fourth-order valence-corrected chi connectivity index (χ4v) is 2.71. The number of benzene rings is 2. The van der Waals surface area contributed by atoms with Gasteiger partial charge in [-0.2, -0.15) is 0 Å². The Balaban J connectivity index is 2.00. The molecule has 0 aliphatic carbocycles. The molecule has 25 heavy (non-hydrogen) atoms. The predicted molar refractivity (Wildman–Crippen MR) is 90.9 cm³/mol. The number of nitrogens with zero attached hydrogens (tertiary/aromatic N) is 2. The van der Waals surface area contributed by atoms with Crippen LogP contribution in [0.25, 0.3) is 10.9 Å². The van der Waals surface area contributed by atoms with Gasteiger partial charge in [0.15, 0.2) is 6.29 Å². The standard InChI is InChI=1S/C18H14N2O5/c1-25-18(22)13-4-7-17-16(8-13)14(11-21)10-19(17)9-12-2-5-15(6-3-12)20(23)24/h2-8,10-11H,9H2,1H3. The molecule has 3 aromatic rings. The first kappa shape index (κ1) is 16.4. The second-order valence-corrected chi connectivity index (χ2v) is 5.48. The average Bonchev–Trinajstić information content (AvgIpc) is 2.98. The fourth-order valence-electron chi connectivity index (χ4n) is 2.71. The summed E-state index contributed by atoms with van der Waals surface area (Å²) in [5.74, 6) is -0.470. The lowest BCUT2D eigenvalue weighted by atomic mass is 10.1. The minimum absolute atomic E-state index is 0.0254. The number of methoxy groups -OCH3 is 1. The van der Waals surface area contributed by atoms with Gasteiger partial charge in [-0.3, -0.25) is 14.9 Å². The van der Waals surface area contributed by atoms with Gasteiger partial charge in [-0.1, -0.05) is 12.1 Å². The van der Waals surface area contributed by atoms with Gasteiger partial charge in [0, 0.05) is 41.3 Å². The Morgan fingerprint density at radius 1 is 1.24 bits per heavy atom. The maximum Gasteiger partial charge on any atom is 0.337 e. The van der Waals surface area contributed by atoms with Crippen molar-refractivity contribution < 1.29 is 19.2 Å². The number of nitro groups is 1. The zero-order valence-corrected chi connectivity index (χ0v) is 13.3. The van der Waals surface area contributed by atoms with Gasteiger partial charge in [0.25, 0.3) is 5.69 Å². The van der Waals surface area contributed by atoms with Crippen LogP contribution in [0.5, 0.6) is 0 Å². The number of hydrogen-bond acceptors (Lipinski definition) is 5. The smallest absolute Gasteiger partial charge is 0.337 e. The molecule has 0 saturated heterocycles. The lowest BCUT2D eigenvalue weighted by Crippen LogP contribution is -2.01. The van der Waals surface area contributed by atoms with E-state index in [1.54, 1.807) is 36.5 Å². The van der Waals surface area contributed by atoms with Gasteiger partial charge < -0.3 is 9.30 Å². The van der Waals surface area contributed by atoms with Crippen molar-refractivity contribution >= 4 is 28.8 Å². The summed E-state index contributed by atoms with van der Waals surface area (Å²) < 4.78 is 6.56. The van der Waals surface area contributed by atoms with Crippen LogP contribution >= 0.6 is 0 Å². The number of hydrogen-bond donors (Lipinski definition) is 0. The van der Waals surface area contributed by atoms with E-state index in [9.17, 15) is 19.7 Å². The zero-order chi connectivity index (χ0) is 18.0. The number of aldehydes is 1. The van der Waals surface area contributed by atoms with Crippen LogP contribution in [0, 0.1) is 10.1 Å². The molecule has 0 aliphatic heterocycles. The maximum absolute atomic E-state index is 11.7. The van der Waals surface area contributed by atoms with Gasteiger partial charge in [0.2, 0.25) is 0 Å². The van der Waals surface area contributed by atoms with Gasteiger partial charge in [-0.25, -0.2) is 4.79 Å². The first-order chi connectivity index (χ1) is 12.0. The van der Waals surface area contributed by atoms with Crippen LogP contribution in [-0.4, -0.2) is 28.9 Å². The molecule has 0 spiro atoms. The van der Waals surface area contributed by atoms with Crippen molar-refractivity contribution in [3.8, 4) is 0 Å². The molecule has 0 amide bonds. The number of nitro benzene ring substituents is 1. The van der Waals surface area contributed by atoms with Crippen LogP contribution in [0.2, 0.25) is 0 Å². The van der Waals surface area contributed by atoms with E-state index in [4.69, 9.17) is 4.74 Å². The zero-order valence-electron chi connectivity index (χ0n) is 13.3. The number of rotatable bonds is 5. The molecule has 1 heterocycles. The summed E-state index contributed by atoms with van der Waals surface area (Å²) in [7, 11) is 1.30. The summed E-state index contributed by atoms with van der Waals surface area (Å²) in [6.07, 6.45) is 2.43. The van der Waals surface area contributed by atoms with Crippen LogP contribution in [0.4, 0.5) is 5.69 Å². The summed E-state index contributed by atoms with van der Waals surface area (Å²) in [6, 6.07) is 11.2. The Morgan fingerprint density at radius 3 is 2.56 bits per heavy atom. The third kappa shape index (κ3) is 3.12. The lowest BCUT2D eigenvalue weighted by Gasteiger charge is -2.06. The van der Waals surface area contributed by atoms with Crippen molar-refractivity contribution in [2.24, 2.45) is 0 Å². The largest absolute Gasteiger partial charge is 0.465 e. The maximum atomic E-state index is 11.7. The summed E-state index contributed by atoms with van der Waals surface area (Å²) in [6.45, 7) is 0.444. The third-order valence-corrected chi connectivity index (χ3v) is 3.96. The number of esters is 1. The Bertz CT molecular complexity index is 973. The van der Waals surface area contributed by atoms with Crippen molar-refractivity contribution in [3.05, 3.63) is 75.5 Å². The average molecular weight is 338 g/mol. The molecule has 7 heteroatoms. The summed E-state index contributed by atoms with van der Waals surface area (Å²) >= 11 is 0. The molecule has 2 aromatic carbocycles. The molecular weight excluding hydrogens is 324 g/mol. The third-order valence-electron chi connectivity index (χ3n) is 3.96. The van der Waals surface area contributed by atoms with Crippen molar-refractivity contribution in [3.63, 3.8) is 0 Å². The molecule has 0 fully saturated rings. The van der Waals surface area contributed by atoms with Crippen LogP contribution in [0.15, 0.2) is 48.7 Å². The van der Waals surface area contributed by atoms with E-state index >= 15 is 0 Å². The number of ether oxygens (including phenoxy) is 1. The minimum Gasteiger partial charge on any atom is -0.465 e. The Kier molecular flexibility index (Phi) is 4.30. The summed E-state index contributed by atoms with van der Waals surface area (Å²) in [4.78, 5) is 33.3. The van der Waals surface area contributed by atoms with E-state index in [1.165, 1.54) is 19.2 Å². The molecule has 1 aromatic heterocycles. The van der Waals surface area contributed by atoms with Crippen molar-refractivity contribution in [2.45, 2.75) is 6.54 Å². The molecule has 0 saturated carbocycles. The SMILES string of the molecule is COC(=O)c1ccc2c(c1)c(C=O)cn2Cc1ccc([N+](=O)[O-])cc1. The first-order valence-electron chi connectivity index (χ1n) is 7.43. The Labute approximate surface area is 142 Å². The lowest BCUT2D eigenvalue weighted by molar-refractivity contribution is -0.384. The minimum atomic E-state index is -0.470. The molecule has 0 bridgehead atoms. The van der Waals surface area contributed by atoms with Gasteiger partial charge in [-0.15, -0.1) is 0 Å². The molecule has 7 nitrogen and oxygen atoms in total. The Morgan fingerprint density at radius 2 is 1.96 bits per heavy atom. The Hall–Kier alpha value is -3.48. The molecule has 126 valence electrons. The van der Waals surface area contributed by atoms with Crippen molar-refractivity contribution in [1.82, 2.24) is 4.57 Å². The highest BCUT2D eigenvalue weighted by atomic mass is 16.6. The normalized spacial score (nSPS) is 10.6. The van der Waals surface area contributed by atoms with Crippen LogP contribution in [0.3, 0.4) is 0 Å². The van der Waals surface area contributed by atoms with Crippen molar-refractivity contribution in [1.29, 1.82) is 0 Å². The van der Waals surface area contributed by atoms with Crippen LogP contribution in [0.1, 0.15) is 26.3 Å². The second-order valence-electron chi connectivity index (χ2n) is 5.48. The summed E-state index contributed by atoms with van der Waals surface area (Å²) in [5.41, 5.74) is 2.50. The van der Waals surface area contributed by atoms with E-state index in [-0.39, 0.29) is 5.69 Å². The number of carbonyl (C=O) groups is 2. The number of carbonyl (C=O) groups excluding carboxylic acids is 2. The van der Waals surface area contributed by atoms with E-state index in [2.05, 4.69) is 0 Å². The number of aromatic nitrogens is 1. The van der Waals surface area contributed by atoms with Gasteiger partial charge >= 0.3 is 5.97 Å². The van der Waals surface area contributed by atoms with Gasteiger partial charge in [0.05, 0.1) is 17.6 Å². The first-order valence-corrected chi connectivity index (χ1v) is 7.43. The summed E-state index contributed by atoms with van der Waals surface area (Å²) in [5, 5.41) is 11.4. The molecule has 0 aliphatic rings. The van der Waals surface area contributed by atoms with Crippen LogP contribution < -0.4 is 0 Å². The topological polar surface area (TPSA) is 91.4 Å². The molecule has 0 radical (unpaired) electrons. The van der Waals surface area contributed by atoms with Gasteiger partial charge in [0.1, 0.15) is 0 Å². The number of fused-ring (bicyclic) bond motifs is 1. The number of non-ortho nitro benzene ring substituents is 1. The van der Waals surface area contributed by atoms with E-state index in [0.29, 0.717) is 23.1 Å². The van der Waals surface area contributed by atoms with Gasteiger partial charge in [-0.05, 0) is 23.8 Å². The second kappa shape index (κ2) is 6.56. The van der Waals surface area contributed by atoms with Crippen molar-refractivity contribution in [2.75, 3.05) is 7.11 Å². The highest BCUT2D eigenvalue weighted by Crippen LogP contribution is 2.24. The predicted octanol–water partition coefficient (Wildman–Crippen LogP) is 3.20.